The van der Waals surface area contributed by atoms with Crippen molar-refractivity contribution in [1.29, 1.82) is 0 Å². The van der Waals surface area contributed by atoms with Crippen molar-refractivity contribution < 1.29 is 9.90 Å². The third-order valence-corrected chi connectivity index (χ3v) is 3.22. The molecule has 0 saturated carbocycles. The van der Waals surface area contributed by atoms with Gasteiger partial charge in [0.1, 0.15) is 11.4 Å². The Balaban J connectivity index is 2.08. The molecule has 0 aliphatic rings. The highest BCUT2D eigenvalue weighted by molar-refractivity contribution is 7.99. The normalized spacial score (nSPS) is 10.3. The van der Waals surface area contributed by atoms with E-state index in [0.29, 0.717) is 0 Å². The highest BCUT2D eigenvalue weighted by atomic mass is 32.2. The van der Waals surface area contributed by atoms with Crippen LogP contribution in [0, 0.1) is 6.92 Å². The summed E-state index contributed by atoms with van der Waals surface area (Å²) >= 11 is 1.53. The van der Waals surface area contributed by atoms with E-state index in [-0.39, 0.29) is 6.42 Å². The van der Waals surface area contributed by atoms with E-state index in [2.05, 4.69) is 9.97 Å². The Morgan fingerprint density at radius 2 is 2.00 bits per heavy atom. The fourth-order valence-electron chi connectivity index (χ4n) is 1.46. The van der Waals surface area contributed by atoms with Gasteiger partial charge in [0.15, 0.2) is 0 Å². The number of aliphatic carboxylic acids is 1. The van der Waals surface area contributed by atoms with Crippen LogP contribution >= 0.6 is 11.8 Å². The molecule has 92 valence electrons. The average molecular weight is 260 g/mol. The second-order valence-electron chi connectivity index (χ2n) is 3.81. The highest BCUT2D eigenvalue weighted by Gasteiger charge is 2.02. The van der Waals surface area contributed by atoms with Crippen molar-refractivity contribution in [3.63, 3.8) is 0 Å². The molecule has 5 heteroatoms. The van der Waals surface area contributed by atoms with E-state index in [1.165, 1.54) is 18.1 Å². The first-order valence-electron chi connectivity index (χ1n) is 5.41. The fourth-order valence-corrected chi connectivity index (χ4v) is 2.30. The number of rotatable bonds is 4. The molecule has 2 rings (SSSR count). The van der Waals surface area contributed by atoms with Crippen LogP contribution in [-0.4, -0.2) is 21.0 Å². The van der Waals surface area contributed by atoms with E-state index in [1.807, 2.05) is 37.3 Å². The molecule has 18 heavy (non-hydrogen) atoms. The van der Waals surface area contributed by atoms with Crippen molar-refractivity contribution in [2.24, 2.45) is 0 Å². The highest BCUT2D eigenvalue weighted by Crippen LogP contribution is 2.26. The van der Waals surface area contributed by atoms with Crippen molar-refractivity contribution in [2.75, 3.05) is 0 Å². The quantitative estimate of drug-likeness (QED) is 0.856. The maximum absolute atomic E-state index is 10.6. The van der Waals surface area contributed by atoms with Gasteiger partial charge in [0, 0.05) is 10.6 Å². The molecule has 0 fully saturated rings. The number of hydrogen-bond donors (Lipinski definition) is 1. The van der Waals surface area contributed by atoms with Crippen LogP contribution in [0.25, 0.3) is 0 Å². The summed E-state index contributed by atoms with van der Waals surface area (Å²) in [6, 6.07) is 9.37. The predicted molar refractivity (Wildman–Crippen MR) is 68.7 cm³/mol. The number of carboxylic acid groups (broad SMARTS) is 1. The molecule has 0 atom stereocenters. The molecule has 0 spiro atoms. The second kappa shape index (κ2) is 5.64. The van der Waals surface area contributed by atoms with Crippen LogP contribution in [0.2, 0.25) is 0 Å². The summed E-state index contributed by atoms with van der Waals surface area (Å²) in [7, 11) is 0. The Kier molecular flexibility index (Phi) is 3.94. The molecule has 1 aromatic heterocycles. The first kappa shape index (κ1) is 12.6. The van der Waals surface area contributed by atoms with E-state index in [0.717, 1.165) is 21.2 Å². The van der Waals surface area contributed by atoms with Crippen molar-refractivity contribution in [2.45, 2.75) is 23.3 Å². The Morgan fingerprint density at radius 3 is 2.61 bits per heavy atom. The van der Waals surface area contributed by atoms with Crippen molar-refractivity contribution >= 4 is 17.7 Å². The first-order chi connectivity index (χ1) is 8.63. The molecule has 0 aliphatic carbocycles. The zero-order valence-electron chi connectivity index (χ0n) is 9.83. The number of aromatic nitrogens is 2. The van der Waals surface area contributed by atoms with Crippen molar-refractivity contribution in [3.8, 4) is 0 Å². The predicted octanol–water partition coefficient (Wildman–Crippen LogP) is 2.56. The van der Waals surface area contributed by atoms with Crippen LogP contribution in [0.5, 0.6) is 0 Å². The Bertz CT molecular complexity index is 555. The minimum atomic E-state index is -0.818. The van der Waals surface area contributed by atoms with Gasteiger partial charge in [-0.05, 0) is 30.7 Å². The summed E-state index contributed by atoms with van der Waals surface area (Å²) in [5.74, 6) is -0.818. The van der Waals surface area contributed by atoms with Gasteiger partial charge >= 0.3 is 5.97 Å². The molecule has 1 N–H and O–H groups in total. The first-order valence-corrected chi connectivity index (χ1v) is 6.22. The van der Waals surface area contributed by atoms with E-state index < -0.39 is 5.97 Å². The largest absolute Gasteiger partial charge is 0.481 e. The molecule has 1 aromatic carbocycles. The molecular formula is C13H12N2O2S. The van der Waals surface area contributed by atoms with Crippen LogP contribution in [-0.2, 0) is 11.2 Å². The third kappa shape index (κ3) is 3.56. The van der Waals surface area contributed by atoms with Crippen LogP contribution in [0.4, 0.5) is 0 Å². The number of carboxylic acids is 1. The standard InChI is InChI=1S/C13H12N2O2S/c1-9-6-12(15-8-14-9)18-11-4-2-10(3-5-11)7-13(16)17/h2-6,8H,7H2,1H3,(H,16,17). The molecule has 2 aromatic rings. The summed E-state index contributed by atoms with van der Waals surface area (Å²) in [4.78, 5) is 19.8. The number of benzene rings is 1. The number of aryl methyl sites for hydroxylation is 1. The van der Waals surface area contributed by atoms with Gasteiger partial charge in [-0.25, -0.2) is 9.97 Å². The van der Waals surface area contributed by atoms with Crippen LogP contribution < -0.4 is 0 Å². The lowest BCUT2D eigenvalue weighted by Crippen LogP contribution is -1.99. The lowest BCUT2D eigenvalue weighted by atomic mass is 10.2. The van der Waals surface area contributed by atoms with Gasteiger partial charge in [0.2, 0.25) is 0 Å². The maximum Gasteiger partial charge on any atom is 0.307 e. The molecule has 0 radical (unpaired) electrons. The minimum absolute atomic E-state index is 0.0531. The molecule has 1 heterocycles. The SMILES string of the molecule is Cc1cc(Sc2ccc(CC(=O)O)cc2)ncn1. The minimum Gasteiger partial charge on any atom is -0.481 e. The summed E-state index contributed by atoms with van der Waals surface area (Å²) in [5, 5.41) is 9.56. The topological polar surface area (TPSA) is 63.1 Å². The zero-order chi connectivity index (χ0) is 13.0. The average Bonchev–Trinajstić information content (AvgIpc) is 2.31. The Hall–Kier alpha value is -1.88. The van der Waals surface area contributed by atoms with Gasteiger partial charge in [-0.15, -0.1) is 0 Å². The molecular weight excluding hydrogens is 248 g/mol. The van der Waals surface area contributed by atoms with Gasteiger partial charge in [-0.2, -0.15) is 0 Å². The van der Waals surface area contributed by atoms with Crippen LogP contribution in [0.3, 0.4) is 0 Å². The Labute approximate surface area is 109 Å². The number of hydrogen-bond acceptors (Lipinski definition) is 4. The van der Waals surface area contributed by atoms with E-state index in [4.69, 9.17) is 5.11 Å². The molecule has 0 saturated heterocycles. The summed E-state index contributed by atoms with van der Waals surface area (Å²) in [6.07, 6.45) is 1.59. The monoisotopic (exact) mass is 260 g/mol. The molecule has 0 amide bonds. The van der Waals surface area contributed by atoms with Gasteiger partial charge in [0.05, 0.1) is 6.42 Å². The second-order valence-corrected chi connectivity index (χ2v) is 4.91. The van der Waals surface area contributed by atoms with E-state index in [9.17, 15) is 4.79 Å². The summed E-state index contributed by atoms with van der Waals surface area (Å²) in [6.45, 7) is 1.92. The number of nitrogens with zero attached hydrogens (tertiary/aromatic N) is 2. The van der Waals surface area contributed by atoms with Gasteiger partial charge in [0.25, 0.3) is 0 Å². The molecule has 0 aliphatic heterocycles. The lowest BCUT2D eigenvalue weighted by molar-refractivity contribution is -0.136. The van der Waals surface area contributed by atoms with Crippen molar-refractivity contribution in [1.82, 2.24) is 9.97 Å². The summed E-state index contributed by atoms with van der Waals surface area (Å²) in [5.41, 5.74) is 1.72. The van der Waals surface area contributed by atoms with E-state index >= 15 is 0 Å². The Morgan fingerprint density at radius 1 is 1.28 bits per heavy atom. The fraction of sp³-hybridized carbons (Fsp3) is 0.154. The van der Waals surface area contributed by atoms with Gasteiger partial charge < -0.3 is 5.11 Å². The molecule has 0 bridgehead atoms. The van der Waals surface area contributed by atoms with Crippen LogP contribution in [0.1, 0.15) is 11.3 Å². The lowest BCUT2D eigenvalue weighted by Gasteiger charge is -2.02. The van der Waals surface area contributed by atoms with Crippen molar-refractivity contribution in [3.05, 3.63) is 47.9 Å². The third-order valence-electron chi connectivity index (χ3n) is 2.28. The van der Waals surface area contributed by atoms with Crippen LogP contribution in [0.15, 0.2) is 46.6 Å². The number of carbonyl (C=O) groups is 1. The molecule has 4 nitrogen and oxygen atoms in total. The van der Waals surface area contributed by atoms with E-state index in [1.54, 1.807) is 0 Å². The zero-order valence-corrected chi connectivity index (χ0v) is 10.6. The summed E-state index contributed by atoms with van der Waals surface area (Å²) < 4.78 is 0. The van der Waals surface area contributed by atoms with Gasteiger partial charge in [-0.1, -0.05) is 23.9 Å². The maximum atomic E-state index is 10.6. The van der Waals surface area contributed by atoms with Gasteiger partial charge in [-0.3, -0.25) is 4.79 Å². The smallest absolute Gasteiger partial charge is 0.307 e. The molecule has 0 unspecified atom stereocenters.